The number of hydrogen-bond acceptors (Lipinski definition) is 2. The van der Waals surface area contributed by atoms with Crippen molar-refractivity contribution in [2.45, 2.75) is 0 Å². The summed E-state index contributed by atoms with van der Waals surface area (Å²) in [4.78, 5) is 14.4. The van der Waals surface area contributed by atoms with E-state index in [1.54, 1.807) is 12.3 Å². The van der Waals surface area contributed by atoms with Gasteiger partial charge in [0.05, 0.1) is 11.7 Å². The van der Waals surface area contributed by atoms with Crippen molar-refractivity contribution < 1.29 is 4.79 Å². The highest BCUT2D eigenvalue weighted by atomic mass is 16.1. The Morgan fingerprint density at radius 3 is 3.17 bits per heavy atom. The van der Waals surface area contributed by atoms with E-state index in [9.17, 15) is 4.79 Å². The number of carbonyl (C=O) groups excluding carboxylic acids is 1. The molecule has 0 aliphatic carbocycles. The zero-order valence-corrected chi connectivity index (χ0v) is 6.69. The molecule has 0 fully saturated rings. The molecule has 0 unspecified atom stereocenters. The van der Waals surface area contributed by atoms with Crippen molar-refractivity contribution in [1.29, 1.82) is 0 Å². The van der Waals surface area contributed by atoms with Crippen molar-refractivity contribution in [1.82, 2.24) is 9.55 Å². The molecule has 0 N–H and O–H groups in total. The summed E-state index contributed by atoms with van der Waals surface area (Å²) in [6, 6.07) is 3.74. The molecule has 0 radical (unpaired) electrons. The van der Waals surface area contributed by atoms with Gasteiger partial charge in [0.2, 0.25) is 0 Å². The number of carbonyl (C=O) groups is 1. The van der Waals surface area contributed by atoms with Crippen LogP contribution in [0.4, 0.5) is 0 Å². The molecule has 0 saturated carbocycles. The molecular weight excluding hydrogens is 152 g/mol. The Labute approximate surface area is 69.6 Å². The van der Waals surface area contributed by atoms with Crippen molar-refractivity contribution in [3.63, 3.8) is 0 Å². The third-order valence-electron chi connectivity index (χ3n) is 1.91. The van der Waals surface area contributed by atoms with Crippen LogP contribution >= 0.6 is 0 Å². The quantitative estimate of drug-likeness (QED) is 0.591. The fourth-order valence-electron chi connectivity index (χ4n) is 1.25. The summed E-state index contributed by atoms with van der Waals surface area (Å²) in [5, 5.41) is 1.05. The van der Waals surface area contributed by atoms with Crippen LogP contribution in [0.25, 0.3) is 10.9 Å². The minimum absolute atomic E-state index is 0.480. The molecule has 0 spiro atoms. The Morgan fingerprint density at radius 2 is 2.42 bits per heavy atom. The fraction of sp³-hybridized carbons (Fsp3) is 0.111. The van der Waals surface area contributed by atoms with Gasteiger partial charge in [0.25, 0.3) is 0 Å². The Kier molecular flexibility index (Phi) is 1.43. The van der Waals surface area contributed by atoms with Crippen LogP contribution in [0.1, 0.15) is 10.5 Å². The van der Waals surface area contributed by atoms with Gasteiger partial charge in [-0.15, -0.1) is 0 Å². The normalized spacial score (nSPS) is 10.4. The molecule has 12 heavy (non-hydrogen) atoms. The number of nitrogens with zero attached hydrogens (tertiary/aromatic N) is 2. The van der Waals surface area contributed by atoms with E-state index in [4.69, 9.17) is 0 Å². The first-order valence-corrected chi connectivity index (χ1v) is 3.67. The van der Waals surface area contributed by atoms with Crippen LogP contribution in [0, 0.1) is 0 Å². The molecule has 2 aromatic heterocycles. The lowest BCUT2D eigenvalue weighted by atomic mass is 10.3. The predicted octanol–water partition coefficient (Wildman–Crippen LogP) is 1.39. The van der Waals surface area contributed by atoms with Crippen molar-refractivity contribution in [3.8, 4) is 0 Å². The number of fused-ring (bicyclic) bond motifs is 1. The number of aryl methyl sites for hydroxylation is 1. The summed E-state index contributed by atoms with van der Waals surface area (Å²) in [5.74, 6) is 0. The lowest BCUT2D eigenvalue weighted by Gasteiger charge is -1.94. The second kappa shape index (κ2) is 2.44. The Bertz CT molecular complexity index is 431. The highest BCUT2D eigenvalue weighted by Crippen LogP contribution is 2.13. The molecule has 2 heterocycles. The van der Waals surface area contributed by atoms with Crippen LogP contribution in [-0.2, 0) is 7.05 Å². The molecule has 0 saturated heterocycles. The van der Waals surface area contributed by atoms with Crippen LogP contribution in [0.5, 0.6) is 0 Å². The predicted molar refractivity (Wildman–Crippen MR) is 46.1 cm³/mol. The molecule has 0 atom stereocenters. The Balaban J connectivity index is 2.77. The maximum absolute atomic E-state index is 10.4. The van der Waals surface area contributed by atoms with Gasteiger partial charge in [0.15, 0.2) is 6.29 Å². The molecule has 0 amide bonds. The Hall–Kier alpha value is -1.64. The molecule has 0 aliphatic heterocycles. The molecule has 0 bridgehead atoms. The average molecular weight is 160 g/mol. The van der Waals surface area contributed by atoms with Crippen molar-refractivity contribution in [2.75, 3.05) is 0 Å². The van der Waals surface area contributed by atoms with Gasteiger partial charge in [-0.2, -0.15) is 0 Å². The van der Waals surface area contributed by atoms with Gasteiger partial charge < -0.3 is 4.57 Å². The first-order chi connectivity index (χ1) is 5.81. The number of hydrogen-bond donors (Lipinski definition) is 0. The molecule has 3 nitrogen and oxygen atoms in total. The summed E-state index contributed by atoms with van der Waals surface area (Å²) in [7, 11) is 1.95. The van der Waals surface area contributed by atoms with Gasteiger partial charge in [-0.1, -0.05) is 0 Å². The molecule has 2 rings (SSSR count). The van der Waals surface area contributed by atoms with Gasteiger partial charge in [0, 0.05) is 18.6 Å². The van der Waals surface area contributed by atoms with E-state index in [0.717, 1.165) is 17.2 Å². The van der Waals surface area contributed by atoms with Crippen LogP contribution in [-0.4, -0.2) is 15.8 Å². The average Bonchev–Trinajstić information content (AvgIpc) is 2.47. The monoisotopic (exact) mass is 160 g/mol. The highest BCUT2D eigenvalue weighted by molar-refractivity contribution is 5.85. The third-order valence-corrected chi connectivity index (χ3v) is 1.91. The molecule has 2 aromatic rings. The number of rotatable bonds is 1. The standard InChI is InChI=1S/C9H8N2O/c1-11-3-2-7-4-8(6-12)10-5-9(7)11/h2-6H,1H3. The van der Waals surface area contributed by atoms with E-state index in [1.165, 1.54) is 0 Å². The number of aldehydes is 1. The summed E-state index contributed by atoms with van der Waals surface area (Å²) < 4.78 is 1.97. The van der Waals surface area contributed by atoms with Gasteiger partial charge in [0.1, 0.15) is 5.69 Å². The summed E-state index contributed by atoms with van der Waals surface area (Å²) >= 11 is 0. The van der Waals surface area contributed by atoms with Gasteiger partial charge >= 0.3 is 0 Å². The summed E-state index contributed by atoms with van der Waals surface area (Å²) in [6.07, 6.45) is 4.41. The molecule has 60 valence electrons. The van der Waals surface area contributed by atoms with Crippen LogP contribution in [0.15, 0.2) is 24.5 Å². The lowest BCUT2D eigenvalue weighted by molar-refractivity contribution is 0.111. The lowest BCUT2D eigenvalue weighted by Crippen LogP contribution is -1.88. The van der Waals surface area contributed by atoms with E-state index >= 15 is 0 Å². The molecular formula is C9H8N2O. The SMILES string of the molecule is Cn1ccc2cc(C=O)ncc21. The van der Waals surface area contributed by atoms with Gasteiger partial charge in [-0.25, -0.2) is 0 Å². The van der Waals surface area contributed by atoms with Gasteiger partial charge in [-0.3, -0.25) is 9.78 Å². The first kappa shape index (κ1) is 7.03. The molecule has 3 heteroatoms. The minimum Gasteiger partial charge on any atom is -0.349 e. The van der Waals surface area contributed by atoms with Crippen LogP contribution in [0.3, 0.4) is 0 Å². The van der Waals surface area contributed by atoms with Crippen molar-refractivity contribution >= 4 is 17.2 Å². The Morgan fingerprint density at radius 1 is 1.58 bits per heavy atom. The third kappa shape index (κ3) is 0.906. The zero-order valence-electron chi connectivity index (χ0n) is 6.69. The van der Waals surface area contributed by atoms with E-state index in [0.29, 0.717) is 5.69 Å². The van der Waals surface area contributed by atoms with E-state index in [2.05, 4.69) is 4.98 Å². The second-order valence-corrected chi connectivity index (χ2v) is 2.71. The number of pyridine rings is 1. The van der Waals surface area contributed by atoms with Crippen LogP contribution in [0.2, 0.25) is 0 Å². The van der Waals surface area contributed by atoms with E-state index in [-0.39, 0.29) is 0 Å². The van der Waals surface area contributed by atoms with Crippen molar-refractivity contribution in [2.24, 2.45) is 7.05 Å². The zero-order chi connectivity index (χ0) is 8.55. The minimum atomic E-state index is 0.480. The first-order valence-electron chi connectivity index (χ1n) is 3.67. The van der Waals surface area contributed by atoms with Crippen molar-refractivity contribution in [3.05, 3.63) is 30.2 Å². The fourth-order valence-corrected chi connectivity index (χ4v) is 1.25. The topological polar surface area (TPSA) is 34.9 Å². The van der Waals surface area contributed by atoms with E-state index < -0.39 is 0 Å². The molecule has 0 aliphatic rings. The largest absolute Gasteiger partial charge is 0.349 e. The highest BCUT2D eigenvalue weighted by Gasteiger charge is 1.98. The molecule has 0 aromatic carbocycles. The number of aromatic nitrogens is 2. The summed E-state index contributed by atoms with van der Waals surface area (Å²) in [5.41, 5.74) is 1.52. The smallest absolute Gasteiger partial charge is 0.168 e. The maximum atomic E-state index is 10.4. The maximum Gasteiger partial charge on any atom is 0.168 e. The summed E-state index contributed by atoms with van der Waals surface area (Å²) in [6.45, 7) is 0. The second-order valence-electron chi connectivity index (χ2n) is 2.71. The van der Waals surface area contributed by atoms with Gasteiger partial charge in [-0.05, 0) is 12.1 Å². The van der Waals surface area contributed by atoms with E-state index in [1.807, 2.05) is 23.9 Å². The van der Waals surface area contributed by atoms with Crippen LogP contribution < -0.4 is 0 Å².